The highest BCUT2D eigenvalue weighted by molar-refractivity contribution is 5.91. The van der Waals surface area contributed by atoms with E-state index < -0.39 is 5.60 Å². The van der Waals surface area contributed by atoms with Crippen molar-refractivity contribution in [2.75, 3.05) is 0 Å². The van der Waals surface area contributed by atoms with Crippen LogP contribution in [-0.4, -0.2) is 21.5 Å². The van der Waals surface area contributed by atoms with Crippen LogP contribution in [0.25, 0.3) is 11.1 Å². The fourth-order valence-corrected chi connectivity index (χ4v) is 8.62. The van der Waals surface area contributed by atoms with Gasteiger partial charge in [-0.2, -0.15) is 5.26 Å². The van der Waals surface area contributed by atoms with Crippen LogP contribution in [0.2, 0.25) is 0 Å². The highest BCUT2D eigenvalue weighted by atomic mass is 16.3. The first-order valence-electron chi connectivity index (χ1n) is 13.3. The molecular weight excluding hydrogens is 432 g/mol. The number of hydrogen-bond acceptors (Lipinski definition) is 4. The first-order chi connectivity index (χ1) is 16.9. The highest BCUT2D eigenvalue weighted by Gasteiger charge is 2.64. The lowest BCUT2D eigenvalue weighted by Crippen LogP contribution is -2.55. The number of hydrogen-bond donors (Lipinski definition) is 1. The zero-order valence-corrected chi connectivity index (χ0v) is 20.5. The summed E-state index contributed by atoms with van der Waals surface area (Å²) in [5.74, 6) is 2.53. The number of fused-ring (bicyclic) bond motifs is 5. The minimum absolute atomic E-state index is 0.215. The summed E-state index contributed by atoms with van der Waals surface area (Å²) in [5.41, 5.74) is 3.80. The predicted octanol–water partition coefficient (Wildman–Crippen LogP) is 6.23. The summed E-state index contributed by atoms with van der Waals surface area (Å²) >= 11 is 0. The van der Waals surface area contributed by atoms with Crippen molar-refractivity contribution in [1.82, 2.24) is 4.98 Å². The molecule has 4 nitrogen and oxygen atoms in total. The number of carbonyl (C=O) groups excluding carboxylic acids is 1. The van der Waals surface area contributed by atoms with Crippen LogP contribution in [0.1, 0.15) is 69.8 Å². The molecule has 6 rings (SSSR count). The second-order valence-electron chi connectivity index (χ2n) is 11.7. The lowest BCUT2D eigenvalue weighted by atomic mass is 9.46. The van der Waals surface area contributed by atoms with Gasteiger partial charge in [-0.25, -0.2) is 0 Å². The third kappa shape index (κ3) is 3.51. The van der Waals surface area contributed by atoms with Crippen LogP contribution >= 0.6 is 0 Å². The third-order valence-corrected chi connectivity index (χ3v) is 10.3. The monoisotopic (exact) mass is 466 g/mol. The van der Waals surface area contributed by atoms with E-state index in [4.69, 9.17) is 0 Å². The van der Waals surface area contributed by atoms with E-state index in [1.54, 1.807) is 6.20 Å². The summed E-state index contributed by atoms with van der Waals surface area (Å²) in [6.45, 7) is 2.27. The molecule has 35 heavy (non-hydrogen) atoms. The number of aromatic nitrogens is 1. The van der Waals surface area contributed by atoms with Gasteiger partial charge in [0.25, 0.3) is 0 Å². The maximum absolute atomic E-state index is 12.2. The Labute approximate surface area is 208 Å². The summed E-state index contributed by atoms with van der Waals surface area (Å²) < 4.78 is 0. The van der Waals surface area contributed by atoms with E-state index in [0.717, 1.165) is 49.7 Å². The number of allylic oxidation sites excluding steroid dienone is 1. The molecular formula is C31H34N2O2. The summed E-state index contributed by atoms with van der Waals surface area (Å²) in [5, 5.41) is 21.4. The van der Waals surface area contributed by atoms with Crippen LogP contribution in [0.3, 0.4) is 0 Å². The maximum atomic E-state index is 12.2. The number of aliphatic hydroxyl groups is 1. The molecule has 0 bridgehead atoms. The Morgan fingerprint density at radius 2 is 1.91 bits per heavy atom. The van der Waals surface area contributed by atoms with Gasteiger partial charge in [-0.05, 0) is 96.9 Å². The van der Waals surface area contributed by atoms with E-state index >= 15 is 0 Å². The average Bonchev–Trinajstić information content (AvgIpc) is 3.14. The maximum Gasteiger partial charge on any atom is 0.155 e. The lowest BCUT2D eigenvalue weighted by Gasteiger charge is -2.58. The molecule has 0 spiro atoms. The summed E-state index contributed by atoms with van der Waals surface area (Å²) in [4.78, 5) is 16.5. The molecule has 3 fully saturated rings. The number of nitriles is 1. The van der Waals surface area contributed by atoms with Crippen LogP contribution in [-0.2, 0) is 4.79 Å². The Balaban J connectivity index is 1.42. The second kappa shape index (κ2) is 8.42. The minimum atomic E-state index is -0.913. The van der Waals surface area contributed by atoms with Crippen molar-refractivity contribution in [1.29, 1.82) is 5.26 Å². The van der Waals surface area contributed by atoms with E-state index in [-0.39, 0.29) is 17.6 Å². The quantitative estimate of drug-likeness (QED) is 0.582. The molecule has 4 aliphatic carbocycles. The van der Waals surface area contributed by atoms with E-state index in [2.05, 4.69) is 48.3 Å². The molecule has 4 aliphatic rings. The normalized spacial score (nSPS) is 38.0. The molecule has 7 atom stereocenters. The molecule has 1 heterocycles. The van der Waals surface area contributed by atoms with Gasteiger partial charge >= 0.3 is 0 Å². The molecule has 1 aromatic carbocycles. The standard InChI is InChI=1S/C31H34N2O2/c1-30-18-27(21-6-4-20(5-7-21)23-3-2-16-33-19-23)29-25-11-9-24(34)17-22(25)8-10-26(29)28(30)12-13-31(30,35)14-15-32/h2-7,16-17,19,25-29,35H,8-14,18H2,1H3/t25-,26-,27+,28-,29+,30-,31+/m0/s1. The predicted molar refractivity (Wildman–Crippen MR) is 135 cm³/mol. The van der Waals surface area contributed by atoms with E-state index in [1.165, 1.54) is 11.1 Å². The zero-order valence-electron chi connectivity index (χ0n) is 20.5. The van der Waals surface area contributed by atoms with Gasteiger partial charge in [0.2, 0.25) is 0 Å². The zero-order chi connectivity index (χ0) is 24.2. The van der Waals surface area contributed by atoms with Crippen LogP contribution < -0.4 is 0 Å². The van der Waals surface area contributed by atoms with Crippen molar-refractivity contribution in [2.24, 2.45) is 29.1 Å². The van der Waals surface area contributed by atoms with Crippen molar-refractivity contribution in [3.8, 4) is 17.2 Å². The number of ketones is 1. The van der Waals surface area contributed by atoms with E-state index in [9.17, 15) is 15.2 Å². The Bertz CT molecular complexity index is 1200. The van der Waals surface area contributed by atoms with Crippen molar-refractivity contribution >= 4 is 5.78 Å². The van der Waals surface area contributed by atoms with Gasteiger partial charge in [-0.1, -0.05) is 42.8 Å². The van der Waals surface area contributed by atoms with Crippen molar-refractivity contribution in [2.45, 2.75) is 69.8 Å². The fourth-order valence-electron chi connectivity index (χ4n) is 8.62. The Morgan fingerprint density at radius 3 is 2.66 bits per heavy atom. The van der Waals surface area contributed by atoms with Crippen LogP contribution in [0, 0.1) is 40.4 Å². The third-order valence-electron chi connectivity index (χ3n) is 10.3. The molecule has 4 heteroatoms. The molecule has 1 N–H and O–H groups in total. The fraction of sp³-hybridized carbons (Fsp3) is 0.516. The van der Waals surface area contributed by atoms with Crippen LogP contribution in [0.4, 0.5) is 0 Å². The largest absolute Gasteiger partial charge is 0.388 e. The van der Waals surface area contributed by atoms with Gasteiger partial charge < -0.3 is 5.11 Å². The molecule has 2 aromatic rings. The molecule has 0 radical (unpaired) electrons. The molecule has 1 aromatic heterocycles. The topological polar surface area (TPSA) is 74.0 Å². The second-order valence-corrected chi connectivity index (χ2v) is 11.7. The number of benzene rings is 1. The van der Waals surface area contributed by atoms with Crippen molar-refractivity contribution in [3.63, 3.8) is 0 Å². The SMILES string of the molecule is C[C@]12C[C@H](c3ccc(-c4cccnc4)cc3)[C@H]3[C@@H](CCC4=CC(=O)CC[C@@H]43)[C@@H]1CC[C@@]2(O)CC#N. The minimum Gasteiger partial charge on any atom is -0.388 e. The number of nitrogens with zero attached hydrogens (tertiary/aromatic N) is 2. The van der Waals surface area contributed by atoms with Crippen molar-refractivity contribution in [3.05, 3.63) is 66.0 Å². The van der Waals surface area contributed by atoms with Crippen LogP contribution in [0.15, 0.2) is 60.4 Å². The molecule has 180 valence electrons. The molecule has 0 aliphatic heterocycles. The average molecular weight is 467 g/mol. The number of carbonyl (C=O) groups is 1. The highest BCUT2D eigenvalue weighted by Crippen LogP contribution is 2.68. The lowest BCUT2D eigenvalue weighted by molar-refractivity contribution is -0.125. The van der Waals surface area contributed by atoms with Gasteiger partial charge in [0.05, 0.1) is 18.1 Å². The first-order valence-corrected chi connectivity index (χ1v) is 13.3. The van der Waals surface area contributed by atoms with E-state index in [1.807, 2.05) is 18.3 Å². The first kappa shape index (κ1) is 22.7. The molecule has 0 amide bonds. The molecule has 0 saturated heterocycles. The Morgan fingerprint density at radius 1 is 1.09 bits per heavy atom. The van der Waals surface area contributed by atoms with Gasteiger partial charge in [0.15, 0.2) is 5.78 Å². The smallest absolute Gasteiger partial charge is 0.155 e. The van der Waals surface area contributed by atoms with Crippen LogP contribution in [0.5, 0.6) is 0 Å². The van der Waals surface area contributed by atoms with Gasteiger partial charge in [0.1, 0.15) is 0 Å². The summed E-state index contributed by atoms with van der Waals surface area (Å²) in [6.07, 6.45) is 12.2. The van der Waals surface area contributed by atoms with Gasteiger partial charge in [0, 0.05) is 24.2 Å². The van der Waals surface area contributed by atoms with E-state index in [0.29, 0.717) is 36.0 Å². The molecule has 0 unspecified atom stereocenters. The Kier molecular flexibility index (Phi) is 5.45. The molecule has 3 saturated carbocycles. The van der Waals surface area contributed by atoms with Gasteiger partial charge in [-0.3, -0.25) is 9.78 Å². The summed E-state index contributed by atoms with van der Waals surface area (Å²) in [7, 11) is 0. The number of pyridine rings is 1. The van der Waals surface area contributed by atoms with Gasteiger partial charge in [-0.15, -0.1) is 0 Å². The summed E-state index contributed by atoms with van der Waals surface area (Å²) in [6, 6.07) is 15.3. The van der Waals surface area contributed by atoms with Crippen molar-refractivity contribution < 1.29 is 9.90 Å². The number of rotatable bonds is 3. The Hall–Kier alpha value is -2.77.